The Labute approximate surface area is 66.0 Å². The highest BCUT2D eigenvalue weighted by molar-refractivity contribution is 5.17. The molecule has 0 spiro atoms. The minimum atomic E-state index is -0.124. The van der Waals surface area contributed by atoms with Crippen molar-refractivity contribution in [3.63, 3.8) is 0 Å². The molecule has 1 nitrogen and oxygen atoms in total. The lowest BCUT2D eigenvalue weighted by atomic mass is 10.1. The molecule has 0 bridgehead atoms. The third-order valence-electron chi connectivity index (χ3n) is 1.61. The topological polar surface area (TPSA) is 26.0 Å². The number of nitrogens with two attached hydrogens (primary N) is 1. The van der Waals surface area contributed by atoms with Crippen molar-refractivity contribution in [2.45, 2.75) is 12.8 Å². The summed E-state index contributed by atoms with van der Waals surface area (Å²) < 4.78 is 12.9. The zero-order chi connectivity index (χ0) is 8.10. The van der Waals surface area contributed by atoms with Gasteiger partial charge < -0.3 is 5.73 Å². The predicted octanol–water partition coefficient (Wildman–Crippen LogP) is 1.72. The van der Waals surface area contributed by atoms with Gasteiger partial charge in [0.05, 0.1) is 0 Å². The van der Waals surface area contributed by atoms with Crippen molar-refractivity contribution in [1.29, 1.82) is 0 Å². The smallest absolute Gasteiger partial charge is 0.126 e. The van der Waals surface area contributed by atoms with Crippen LogP contribution in [0.15, 0.2) is 24.3 Å². The minimum absolute atomic E-state index is 0.124. The van der Waals surface area contributed by atoms with Crippen LogP contribution in [-0.4, -0.2) is 6.54 Å². The van der Waals surface area contributed by atoms with Gasteiger partial charge in [-0.05, 0) is 31.0 Å². The fourth-order valence-corrected chi connectivity index (χ4v) is 0.994. The van der Waals surface area contributed by atoms with E-state index >= 15 is 0 Å². The Morgan fingerprint density at radius 1 is 1.27 bits per heavy atom. The number of halogens is 1. The van der Waals surface area contributed by atoms with E-state index in [1.807, 2.05) is 6.07 Å². The van der Waals surface area contributed by atoms with Crippen LogP contribution in [-0.2, 0) is 6.42 Å². The second-order valence-corrected chi connectivity index (χ2v) is 2.48. The molecule has 0 saturated carbocycles. The van der Waals surface area contributed by atoms with Crippen LogP contribution in [0.2, 0.25) is 0 Å². The first-order chi connectivity index (χ1) is 5.34. The molecule has 2 N–H and O–H groups in total. The fourth-order valence-electron chi connectivity index (χ4n) is 0.994. The summed E-state index contributed by atoms with van der Waals surface area (Å²) in [4.78, 5) is 0. The minimum Gasteiger partial charge on any atom is -0.330 e. The van der Waals surface area contributed by atoms with Crippen molar-refractivity contribution in [2.24, 2.45) is 5.73 Å². The van der Waals surface area contributed by atoms with Crippen LogP contribution >= 0.6 is 0 Å². The SMILES string of the molecule is NCCCc1ccccc1F. The fraction of sp³-hybridized carbons (Fsp3) is 0.333. The van der Waals surface area contributed by atoms with Crippen LogP contribution in [0.5, 0.6) is 0 Å². The molecule has 0 aromatic heterocycles. The van der Waals surface area contributed by atoms with Gasteiger partial charge in [0.15, 0.2) is 0 Å². The summed E-state index contributed by atoms with van der Waals surface area (Å²) in [5, 5.41) is 0. The normalized spacial score (nSPS) is 10.0. The van der Waals surface area contributed by atoms with Crippen LogP contribution in [0.25, 0.3) is 0 Å². The zero-order valence-corrected chi connectivity index (χ0v) is 6.39. The molecule has 1 aromatic rings. The van der Waals surface area contributed by atoms with Gasteiger partial charge in [0.25, 0.3) is 0 Å². The van der Waals surface area contributed by atoms with Gasteiger partial charge in [-0.2, -0.15) is 0 Å². The average Bonchev–Trinajstić information content (AvgIpc) is 2.03. The van der Waals surface area contributed by atoms with Crippen molar-refractivity contribution >= 4 is 0 Å². The van der Waals surface area contributed by atoms with E-state index in [-0.39, 0.29) is 5.82 Å². The number of benzene rings is 1. The molecule has 0 fully saturated rings. The molecule has 0 aliphatic carbocycles. The molecule has 0 aliphatic heterocycles. The average molecular weight is 153 g/mol. The van der Waals surface area contributed by atoms with Gasteiger partial charge in [0, 0.05) is 0 Å². The Balaban J connectivity index is 2.62. The van der Waals surface area contributed by atoms with Crippen LogP contribution in [0.4, 0.5) is 4.39 Å². The Bertz CT molecular complexity index is 223. The maximum absolute atomic E-state index is 12.9. The first kappa shape index (κ1) is 8.21. The predicted molar refractivity (Wildman–Crippen MR) is 43.8 cm³/mol. The molecule has 0 unspecified atom stereocenters. The first-order valence-corrected chi connectivity index (χ1v) is 3.78. The highest BCUT2D eigenvalue weighted by Crippen LogP contribution is 2.07. The number of rotatable bonds is 3. The van der Waals surface area contributed by atoms with Gasteiger partial charge >= 0.3 is 0 Å². The highest BCUT2D eigenvalue weighted by Gasteiger charge is 1.97. The first-order valence-electron chi connectivity index (χ1n) is 3.78. The highest BCUT2D eigenvalue weighted by atomic mass is 19.1. The molecular formula is C9H12FN. The van der Waals surface area contributed by atoms with Crippen LogP contribution in [0, 0.1) is 5.82 Å². The largest absolute Gasteiger partial charge is 0.330 e. The second kappa shape index (κ2) is 4.09. The van der Waals surface area contributed by atoms with Crippen molar-refractivity contribution < 1.29 is 4.39 Å². The van der Waals surface area contributed by atoms with Gasteiger partial charge in [-0.3, -0.25) is 0 Å². The van der Waals surface area contributed by atoms with E-state index in [4.69, 9.17) is 5.73 Å². The van der Waals surface area contributed by atoms with Gasteiger partial charge in [0.1, 0.15) is 5.82 Å². The van der Waals surface area contributed by atoms with Crippen molar-refractivity contribution in [2.75, 3.05) is 6.54 Å². The number of hydrogen-bond acceptors (Lipinski definition) is 1. The second-order valence-electron chi connectivity index (χ2n) is 2.48. The lowest BCUT2D eigenvalue weighted by Gasteiger charge is -1.99. The van der Waals surface area contributed by atoms with E-state index in [0.717, 1.165) is 18.4 Å². The monoisotopic (exact) mass is 153 g/mol. The quantitative estimate of drug-likeness (QED) is 0.703. The van der Waals surface area contributed by atoms with Crippen LogP contribution < -0.4 is 5.73 Å². The molecule has 11 heavy (non-hydrogen) atoms. The molecule has 0 aliphatic rings. The van der Waals surface area contributed by atoms with E-state index in [9.17, 15) is 4.39 Å². The van der Waals surface area contributed by atoms with Gasteiger partial charge in [0.2, 0.25) is 0 Å². The molecule has 0 saturated heterocycles. The number of hydrogen-bond donors (Lipinski definition) is 1. The summed E-state index contributed by atoms with van der Waals surface area (Å²) in [7, 11) is 0. The van der Waals surface area contributed by atoms with Gasteiger partial charge in [-0.15, -0.1) is 0 Å². The van der Waals surface area contributed by atoms with Crippen molar-refractivity contribution in [3.05, 3.63) is 35.6 Å². The molecule has 0 heterocycles. The zero-order valence-electron chi connectivity index (χ0n) is 6.39. The summed E-state index contributed by atoms with van der Waals surface area (Å²) in [6.07, 6.45) is 1.59. The van der Waals surface area contributed by atoms with E-state index in [2.05, 4.69) is 0 Å². The maximum atomic E-state index is 12.9. The molecule has 1 rings (SSSR count). The summed E-state index contributed by atoms with van der Waals surface area (Å²) in [6.45, 7) is 0.619. The Morgan fingerprint density at radius 3 is 2.64 bits per heavy atom. The van der Waals surface area contributed by atoms with Crippen molar-refractivity contribution in [1.82, 2.24) is 0 Å². The third-order valence-corrected chi connectivity index (χ3v) is 1.61. The Morgan fingerprint density at radius 2 is 2.00 bits per heavy atom. The summed E-state index contributed by atoms with van der Waals surface area (Å²) in [5.74, 6) is -0.124. The molecule has 0 atom stereocenters. The van der Waals surface area contributed by atoms with E-state index in [1.54, 1.807) is 12.1 Å². The number of aryl methyl sites for hydroxylation is 1. The van der Waals surface area contributed by atoms with E-state index in [1.165, 1.54) is 6.07 Å². The van der Waals surface area contributed by atoms with E-state index in [0.29, 0.717) is 6.54 Å². The van der Waals surface area contributed by atoms with E-state index < -0.39 is 0 Å². The summed E-state index contributed by atoms with van der Waals surface area (Å²) >= 11 is 0. The lowest BCUT2D eigenvalue weighted by molar-refractivity contribution is 0.605. The summed E-state index contributed by atoms with van der Waals surface area (Å²) in [5.41, 5.74) is 6.07. The van der Waals surface area contributed by atoms with Crippen LogP contribution in [0.1, 0.15) is 12.0 Å². The molecule has 0 radical (unpaired) electrons. The Kier molecular flexibility index (Phi) is 3.05. The standard InChI is InChI=1S/C9H12FN/c10-9-6-2-1-4-8(9)5-3-7-11/h1-2,4,6H,3,5,7,11H2. The van der Waals surface area contributed by atoms with Crippen LogP contribution in [0.3, 0.4) is 0 Å². The molecule has 0 amide bonds. The molecule has 2 heteroatoms. The maximum Gasteiger partial charge on any atom is 0.126 e. The molecule has 60 valence electrons. The van der Waals surface area contributed by atoms with Gasteiger partial charge in [-0.1, -0.05) is 18.2 Å². The molecular weight excluding hydrogens is 141 g/mol. The van der Waals surface area contributed by atoms with Crippen molar-refractivity contribution in [3.8, 4) is 0 Å². The molecule has 1 aromatic carbocycles. The third kappa shape index (κ3) is 2.31. The Hall–Kier alpha value is -0.890. The van der Waals surface area contributed by atoms with Gasteiger partial charge in [-0.25, -0.2) is 4.39 Å². The lowest BCUT2D eigenvalue weighted by Crippen LogP contribution is -2.01. The summed E-state index contributed by atoms with van der Waals surface area (Å²) in [6, 6.07) is 6.81.